The van der Waals surface area contributed by atoms with Crippen molar-refractivity contribution < 1.29 is 5.11 Å². The Morgan fingerprint density at radius 3 is 2.09 bits per heavy atom. The van der Waals surface area contributed by atoms with E-state index in [1.165, 1.54) is 0 Å². The third-order valence-corrected chi connectivity index (χ3v) is 1.51. The Morgan fingerprint density at radius 2 is 1.73 bits per heavy atom. The number of benzene rings is 1. The van der Waals surface area contributed by atoms with Crippen molar-refractivity contribution in [1.82, 2.24) is 0 Å². The van der Waals surface area contributed by atoms with Crippen LogP contribution in [0.3, 0.4) is 0 Å². The van der Waals surface area contributed by atoms with Crippen LogP contribution in [0.2, 0.25) is 0 Å². The number of aliphatic hydroxyl groups is 1. The lowest BCUT2D eigenvalue weighted by atomic mass is 10.1. The summed E-state index contributed by atoms with van der Waals surface area (Å²) in [5.41, 5.74) is 7.35. The lowest BCUT2D eigenvalue weighted by Gasteiger charge is -2.01. The Balaban J connectivity index is 0.000001000. The molecule has 0 unspecified atom stereocenters. The summed E-state index contributed by atoms with van der Waals surface area (Å²) in [7, 11) is 0. The molecule has 0 saturated carbocycles. The van der Waals surface area contributed by atoms with Gasteiger partial charge >= 0.3 is 0 Å². The van der Waals surface area contributed by atoms with Gasteiger partial charge in [-0.15, -0.1) is 12.4 Å². The molecule has 0 spiro atoms. The molecule has 1 rings (SSSR count). The van der Waals surface area contributed by atoms with Gasteiger partial charge in [-0.05, 0) is 11.1 Å². The normalized spacial score (nSPS) is 8.91. The molecule has 0 amide bonds. The van der Waals surface area contributed by atoms with Crippen LogP contribution in [0, 0.1) is 0 Å². The first-order chi connectivity index (χ1) is 4.88. The second-order valence-electron chi connectivity index (χ2n) is 2.13. The summed E-state index contributed by atoms with van der Waals surface area (Å²) < 4.78 is 0. The highest BCUT2D eigenvalue weighted by Crippen LogP contribution is 2.06. The highest BCUT2D eigenvalue weighted by atomic mass is 35.5. The first-order valence-corrected chi connectivity index (χ1v) is 3.26. The SMILES string of the molecule is Cl.NCc1ccccc1CO. The second-order valence-corrected chi connectivity index (χ2v) is 2.13. The van der Waals surface area contributed by atoms with Crippen LogP contribution in [0.15, 0.2) is 24.3 Å². The van der Waals surface area contributed by atoms with Crippen LogP contribution >= 0.6 is 12.4 Å². The van der Waals surface area contributed by atoms with Gasteiger partial charge in [-0.3, -0.25) is 0 Å². The number of rotatable bonds is 2. The van der Waals surface area contributed by atoms with Gasteiger partial charge in [0.1, 0.15) is 0 Å². The molecule has 1 aromatic carbocycles. The summed E-state index contributed by atoms with van der Waals surface area (Å²) in [6.07, 6.45) is 0. The zero-order valence-corrected chi connectivity index (χ0v) is 6.97. The Bertz CT molecular complexity index is 192. The van der Waals surface area contributed by atoms with E-state index in [0.717, 1.165) is 11.1 Å². The van der Waals surface area contributed by atoms with Crippen LogP contribution in [-0.2, 0) is 13.2 Å². The largest absolute Gasteiger partial charge is 0.392 e. The van der Waals surface area contributed by atoms with Crippen molar-refractivity contribution in [1.29, 1.82) is 0 Å². The summed E-state index contributed by atoms with van der Waals surface area (Å²) in [6, 6.07) is 7.61. The topological polar surface area (TPSA) is 46.2 Å². The van der Waals surface area contributed by atoms with Crippen LogP contribution in [0.25, 0.3) is 0 Å². The molecule has 0 aliphatic heterocycles. The van der Waals surface area contributed by atoms with Gasteiger partial charge in [-0.2, -0.15) is 0 Å². The van der Waals surface area contributed by atoms with E-state index in [-0.39, 0.29) is 19.0 Å². The molecule has 2 nitrogen and oxygen atoms in total. The number of aliphatic hydroxyl groups excluding tert-OH is 1. The first-order valence-electron chi connectivity index (χ1n) is 3.26. The van der Waals surface area contributed by atoms with E-state index in [1.807, 2.05) is 24.3 Å². The molecule has 0 heterocycles. The summed E-state index contributed by atoms with van der Waals surface area (Å²) in [5.74, 6) is 0. The molecule has 0 aliphatic carbocycles. The number of halogens is 1. The van der Waals surface area contributed by atoms with E-state index < -0.39 is 0 Å². The maximum absolute atomic E-state index is 8.79. The number of nitrogens with two attached hydrogens (primary N) is 1. The molecule has 0 fully saturated rings. The Labute approximate surface area is 72.4 Å². The standard InChI is InChI=1S/C8H11NO.ClH/c9-5-7-3-1-2-4-8(7)6-10;/h1-4,10H,5-6,9H2;1H. The van der Waals surface area contributed by atoms with E-state index in [0.29, 0.717) is 6.54 Å². The summed E-state index contributed by atoms with van der Waals surface area (Å²) in [4.78, 5) is 0. The minimum Gasteiger partial charge on any atom is -0.392 e. The lowest BCUT2D eigenvalue weighted by molar-refractivity contribution is 0.280. The molecule has 0 aromatic heterocycles. The molecule has 0 bridgehead atoms. The molecule has 1 aromatic rings. The molecule has 11 heavy (non-hydrogen) atoms. The lowest BCUT2D eigenvalue weighted by Crippen LogP contribution is -2.00. The fourth-order valence-electron chi connectivity index (χ4n) is 0.911. The molecular formula is C8H12ClNO. The summed E-state index contributed by atoms with van der Waals surface area (Å²) in [6.45, 7) is 0.574. The van der Waals surface area contributed by atoms with Crippen molar-refractivity contribution in [2.45, 2.75) is 13.2 Å². The van der Waals surface area contributed by atoms with E-state index in [4.69, 9.17) is 10.8 Å². The predicted molar refractivity (Wildman–Crippen MR) is 47.5 cm³/mol. The maximum Gasteiger partial charge on any atom is 0.0685 e. The van der Waals surface area contributed by atoms with Gasteiger partial charge < -0.3 is 10.8 Å². The fraction of sp³-hybridized carbons (Fsp3) is 0.250. The fourth-order valence-corrected chi connectivity index (χ4v) is 0.911. The van der Waals surface area contributed by atoms with Gasteiger partial charge in [0.05, 0.1) is 6.61 Å². The molecule has 3 N–H and O–H groups in total. The first kappa shape index (κ1) is 10.4. The summed E-state index contributed by atoms with van der Waals surface area (Å²) >= 11 is 0. The average molecular weight is 174 g/mol. The molecular weight excluding hydrogens is 162 g/mol. The van der Waals surface area contributed by atoms with Crippen LogP contribution in [-0.4, -0.2) is 5.11 Å². The molecule has 3 heteroatoms. The van der Waals surface area contributed by atoms with Crippen LogP contribution in [0.4, 0.5) is 0 Å². The van der Waals surface area contributed by atoms with Gasteiger partial charge in [0.2, 0.25) is 0 Å². The maximum atomic E-state index is 8.79. The minimum absolute atomic E-state index is 0. The quantitative estimate of drug-likeness (QED) is 0.703. The van der Waals surface area contributed by atoms with Crippen LogP contribution in [0.5, 0.6) is 0 Å². The molecule has 0 saturated heterocycles. The predicted octanol–water partition coefficient (Wildman–Crippen LogP) is 1.06. The average Bonchev–Trinajstić information content (AvgIpc) is 2.04. The Morgan fingerprint density at radius 1 is 1.18 bits per heavy atom. The van der Waals surface area contributed by atoms with Crippen molar-refractivity contribution in [3.63, 3.8) is 0 Å². The zero-order valence-electron chi connectivity index (χ0n) is 6.16. The Kier molecular flexibility index (Phi) is 4.86. The molecule has 0 radical (unpaired) electrons. The van der Waals surface area contributed by atoms with E-state index >= 15 is 0 Å². The summed E-state index contributed by atoms with van der Waals surface area (Å²) in [5, 5.41) is 8.79. The van der Waals surface area contributed by atoms with E-state index in [1.54, 1.807) is 0 Å². The van der Waals surface area contributed by atoms with Gasteiger partial charge in [-0.1, -0.05) is 24.3 Å². The van der Waals surface area contributed by atoms with Crippen molar-refractivity contribution in [2.75, 3.05) is 0 Å². The van der Waals surface area contributed by atoms with Crippen molar-refractivity contribution in [3.8, 4) is 0 Å². The second kappa shape index (κ2) is 5.13. The van der Waals surface area contributed by atoms with E-state index in [9.17, 15) is 0 Å². The zero-order chi connectivity index (χ0) is 7.40. The third kappa shape index (κ3) is 2.50. The van der Waals surface area contributed by atoms with Gasteiger partial charge in [0.15, 0.2) is 0 Å². The van der Waals surface area contributed by atoms with Crippen LogP contribution in [0.1, 0.15) is 11.1 Å². The van der Waals surface area contributed by atoms with Crippen molar-refractivity contribution in [2.24, 2.45) is 5.73 Å². The minimum atomic E-state index is 0. The monoisotopic (exact) mass is 173 g/mol. The third-order valence-electron chi connectivity index (χ3n) is 1.51. The van der Waals surface area contributed by atoms with Crippen molar-refractivity contribution in [3.05, 3.63) is 35.4 Å². The molecule has 0 atom stereocenters. The highest BCUT2D eigenvalue weighted by Gasteiger charge is 1.95. The smallest absolute Gasteiger partial charge is 0.0685 e. The van der Waals surface area contributed by atoms with Crippen molar-refractivity contribution >= 4 is 12.4 Å². The van der Waals surface area contributed by atoms with Crippen LogP contribution < -0.4 is 5.73 Å². The molecule has 0 aliphatic rings. The Hall–Kier alpha value is -0.570. The number of hydrogen-bond acceptors (Lipinski definition) is 2. The van der Waals surface area contributed by atoms with Gasteiger partial charge in [-0.25, -0.2) is 0 Å². The van der Waals surface area contributed by atoms with E-state index in [2.05, 4.69) is 0 Å². The van der Waals surface area contributed by atoms with Gasteiger partial charge in [0.25, 0.3) is 0 Å². The number of hydrogen-bond donors (Lipinski definition) is 2. The van der Waals surface area contributed by atoms with Gasteiger partial charge in [0, 0.05) is 6.54 Å². The highest BCUT2D eigenvalue weighted by molar-refractivity contribution is 5.85. The molecule has 62 valence electrons.